The van der Waals surface area contributed by atoms with Crippen molar-refractivity contribution in [3.63, 3.8) is 0 Å². The molecule has 0 unspecified atom stereocenters. The molecular weight excluding hydrogens is 394 g/mol. The predicted octanol–water partition coefficient (Wildman–Crippen LogP) is 5.17. The molecule has 1 aromatic carbocycles. The van der Waals surface area contributed by atoms with Gasteiger partial charge in [-0.25, -0.2) is 4.98 Å². The van der Waals surface area contributed by atoms with Crippen molar-refractivity contribution >= 4 is 28.6 Å². The SMILES string of the molecule is CC(C)N(C(=O)CSc1nc2ccccc2c(=O)n1C1CCCC1)C1CCCCC1. The third-order valence-corrected chi connectivity index (χ3v) is 7.54. The summed E-state index contributed by atoms with van der Waals surface area (Å²) >= 11 is 1.44. The maximum atomic E-state index is 13.3. The molecular formula is C24H33N3O2S. The molecule has 0 aliphatic heterocycles. The molecule has 2 aromatic rings. The molecule has 6 heteroatoms. The lowest BCUT2D eigenvalue weighted by molar-refractivity contribution is -0.133. The number of hydrogen-bond acceptors (Lipinski definition) is 4. The van der Waals surface area contributed by atoms with Gasteiger partial charge >= 0.3 is 0 Å². The molecule has 1 aromatic heterocycles. The van der Waals surface area contributed by atoms with Crippen LogP contribution < -0.4 is 5.56 Å². The molecule has 5 nitrogen and oxygen atoms in total. The Morgan fingerprint density at radius 2 is 1.77 bits per heavy atom. The van der Waals surface area contributed by atoms with Crippen LogP contribution in [0.1, 0.15) is 77.7 Å². The van der Waals surface area contributed by atoms with Crippen molar-refractivity contribution < 1.29 is 4.79 Å². The average Bonchev–Trinajstić information content (AvgIpc) is 3.27. The lowest BCUT2D eigenvalue weighted by Crippen LogP contribution is -2.46. The molecule has 0 radical (unpaired) electrons. The fourth-order valence-electron chi connectivity index (χ4n) is 5.19. The van der Waals surface area contributed by atoms with E-state index in [-0.39, 0.29) is 23.6 Å². The first-order valence-corrected chi connectivity index (χ1v) is 12.5. The number of carbonyl (C=O) groups excluding carboxylic acids is 1. The Kier molecular flexibility index (Phi) is 6.81. The second-order valence-electron chi connectivity index (χ2n) is 9.00. The topological polar surface area (TPSA) is 55.2 Å². The number of hydrogen-bond donors (Lipinski definition) is 0. The second-order valence-corrected chi connectivity index (χ2v) is 9.94. The van der Waals surface area contributed by atoms with E-state index < -0.39 is 0 Å². The van der Waals surface area contributed by atoms with Gasteiger partial charge in [-0.15, -0.1) is 0 Å². The van der Waals surface area contributed by atoms with Crippen molar-refractivity contribution in [1.29, 1.82) is 0 Å². The molecule has 30 heavy (non-hydrogen) atoms. The normalized spacial score (nSPS) is 18.4. The molecule has 2 aliphatic carbocycles. The second kappa shape index (κ2) is 9.54. The number of fused-ring (bicyclic) bond motifs is 1. The summed E-state index contributed by atoms with van der Waals surface area (Å²) in [6, 6.07) is 8.31. The van der Waals surface area contributed by atoms with Gasteiger partial charge < -0.3 is 4.90 Å². The molecule has 0 atom stereocenters. The highest BCUT2D eigenvalue weighted by Gasteiger charge is 2.29. The van der Waals surface area contributed by atoms with Gasteiger partial charge in [0.15, 0.2) is 5.16 Å². The highest BCUT2D eigenvalue weighted by atomic mass is 32.2. The van der Waals surface area contributed by atoms with Crippen LogP contribution in [-0.2, 0) is 4.79 Å². The van der Waals surface area contributed by atoms with Gasteiger partial charge in [-0.1, -0.05) is 56.0 Å². The highest BCUT2D eigenvalue weighted by Crippen LogP contribution is 2.32. The zero-order chi connectivity index (χ0) is 21.1. The van der Waals surface area contributed by atoms with Gasteiger partial charge in [0.25, 0.3) is 5.56 Å². The summed E-state index contributed by atoms with van der Waals surface area (Å²) in [4.78, 5) is 33.4. The fourth-order valence-corrected chi connectivity index (χ4v) is 6.12. The Morgan fingerprint density at radius 3 is 2.47 bits per heavy atom. The zero-order valence-electron chi connectivity index (χ0n) is 18.2. The molecule has 0 bridgehead atoms. The molecule has 1 amide bonds. The molecule has 162 valence electrons. The molecule has 4 rings (SSSR count). The molecule has 1 heterocycles. The fraction of sp³-hybridized carbons (Fsp3) is 0.625. The summed E-state index contributed by atoms with van der Waals surface area (Å²) in [7, 11) is 0. The minimum Gasteiger partial charge on any atom is -0.337 e. The van der Waals surface area contributed by atoms with Crippen LogP contribution in [0, 0.1) is 0 Å². The van der Waals surface area contributed by atoms with Crippen LogP contribution in [0.15, 0.2) is 34.2 Å². The van der Waals surface area contributed by atoms with Crippen LogP contribution >= 0.6 is 11.8 Å². The standard InChI is InChI=1S/C24H33N3O2S/c1-17(2)26(18-10-4-3-5-11-18)22(28)16-30-24-25-21-15-9-8-14-20(21)23(29)27(24)19-12-6-7-13-19/h8-9,14-15,17-19H,3-7,10-13,16H2,1-2H3. The highest BCUT2D eigenvalue weighted by molar-refractivity contribution is 7.99. The summed E-state index contributed by atoms with van der Waals surface area (Å²) in [6.45, 7) is 4.22. The summed E-state index contributed by atoms with van der Waals surface area (Å²) in [5.74, 6) is 0.508. The van der Waals surface area contributed by atoms with Crippen LogP contribution in [0.25, 0.3) is 10.9 Å². The first kappa shape index (κ1) is 21.4. The van der Waals surface area contributed by atoms with E-state index in [2.05, 4.69) is 18.7 Å². The summed E-state index contributed by atoms with van der Waals surface area (Å²) < 4.78 is 1.88. The lowest BCUT2D eigenvalue weighted by atomic mass is 9.93. The van der Waals surface area contributed by atoms with E-state index in [1.165, 1.54) is 31.0 Å². The van der Waals surface area contributed by atoms with Gasteiger partial charge in [-0.3, -0.25) is 14.2 Å². The van der Waals surface area contributed by atoms with E-state index in [4.69, 9.17) is 4.98 Å². The van der Waals surface area contributed by atoms with Crippen molar-refractivity contribution in [2.45, 2.75) is 94.9 Å². The first-order chi connectivity index (χ1) is 14.6. The molecule has 0 spiro atoms. The van der Waals surface area contributed by atoms with E-state index in [1.807, 2.05) is 28.8 Å². The van der Waals surface area contributed by atoms with E-state index >= 15 is 0 Å². The molecule has 2 aliphatic rings. The van der Waals surface area contributed by atoms with Crippen LogP contribution in [0.3, 0.4) is 0 Å². The summed E-state index contributed by atoms with van der Waals surface area (Å²) in [5, 5.41) is 1.37. The Morgan fingerprint density at radius 1 is 1.10 bits per heavy atom. The number of benzene rings is 1. The Hall–Kier alpha value is -1.82. The minimum atomic E-state index is 0.0374. The maximum absolute atomic E-state index is 13.3. The monoisotopic (exact) mass is 427 g/mol. The van der Waals surface area contributed by atoms with Gasteiger partial charge in [0, 0.05) is 18.1 Å². The number of thioether (sulfide) groups is 1. The number of amides is 1. The van der Waals surface area contributed by atoms with E-state index in [0.29, 0.717) is 22.3 Å². The van der Waals surface area contributed by atoms with Crippen LogP contribution in [0.4, 0.5) is 0 Å². The largest absolute Gasteiger partial charge is 0.337 e. The van der Waals surface area contributed by atoms with Crippen molar-refractivity contribution in [2.75, 3.05) is 5.75 Å². The average molecular weight is 428 g/mol. The summed E-state index contributed by atoms with van der Waals surface area (Å²) in [5.41, 5.74) is 0.759. The first-order valence-electron chi connectivity index (χ1n) is 11.5. The number of nitrogens with zero attached hydrogens (tertiary/aromatic N) is 3. The van der Waals surface area contributed by atoms with Crippen molar-refractivity contribution in [2.24, 2.45) is 0 Å². The Bertz CT molecular complexity index is 943. The van der Waals surface area contributed by atoms with Gasteiger partial charge in [0.1, 0.15) is 0 Å². The van der Waals surface area contributed by atoms with Gasteiger partial charge in [-0.2, -0.15) is 0 Å². The van der Waals surface area contributed by atoms with Gasteiger partial charge in [0.05, 0.1) is 16.7 Å². The number of carbonyl (C=O) groups is 1. The quantitative estimate of drug-likeness (QED) is 0.471. The van der Waals surface area contributed by atoms with Crippen molar-refractivity contribution in [3.8, 4) is 0 Å². The smallest absolute Gasteiger partial charge is 0.262 e. The number of aromatic nitrogens is 2. The van der Waals surface area contributed by atoms with Crippen LogP contribution in [0.2, 0.25) is 0 Å². The molecule has 0 saturated heterocycles. The van der Waals surface area contributed by atoms with Gasteiger partial charge in [-0.05, 0) is 51.7 Å². The maximum Gasteiger partial charge on any atom is 0.262 e. The van der Waals surface area contributed by atoms with E-state index in [9.17, 15) is 9.59 Å². The van der Waals surface area contributed by atoms with E-state index in [1.54, 1.807) is 0 Å². The van der Waals surface area contributed by atoms with Crippen molar-refractivity contribution in [3.05, 3.63) is 34.6 Å². The van der Waals surface area contributed by atoms with Crippen molar-refractivity contribution in [1.82, 2.24) is 14.5 Å². The molecule has 0 N–H and O–H groups in total. The zero-order valence-corrected chi connectivity index (χ0v) is 19.0. The van der Waals surface area contributed by atoms with E-state index in [0.717, 1.165) is 44.0 Å². The summed E-state index contributed by atoms with van der Waals surface area (Å²) in [6.07, 6.45) is 10.2. The third-order valence-electron chi connectivity index (χ3n) is 6.60. The third kappa shape index (κ3) is 4.43. The van der Waals surface area contributed by atoms with Crippen LogP contribution in [0.5, 0.6) is 0 Å². The Balaban J connectivity index is 1.60. The Labute approximate surface area is 183 Å². The number of rotatable bonds is 6. The van der Waals surface area contributed by atoms with Crippen LogP contribution in [-0.4, -0.2) is 38.2 Å². The molecule has 2 saturated carbocycles. The predicted molar refractivity (Wildman–Crippen MR) is 123 cm³/mol. The molecule has 2 fully saturated rings. The number of para-hydroxylation sites is 1. The lowest BCUT2D eigenvalue weighted by Gasteiger charge is -2.37. The minimum absolute atomic E-state index is 0.0374. The van der Waals surface area contributed by atoms with Gasteiger partial charge in [0.2, 0.25) is 5.91 Å².